The Balaban J connectivity index is 1.73. The molecule has 13 heteroatoms. The SMILES string of the molecule is O=C(NO)c1c(SCCO)cccc1S(=O)(=O)N1CCC(Oc2ccc(C(F)(F)F)cc2)CC1. The van der Waals surface area contributed by atoms with Gasteiger partial charge in [-0.15, -0.1) is 11.8 Å². The third-order valence-corrected chi connectivity index (χ3v) is 8.15. The number of rotatable bonds is 8. The van der Waals surface area contributed by atoms with Crippen LogP contribution in [0.4, 0.5) is 13.2 Å². The molecule has 1 amide bonds. The molecule has 1 aliphatic rings. The zero-order chi connectivity index (χ0) is 24.9. The Morgan fingerprint density at radius 3 is 2.35 bits per heavy atom. The number of piperidine rings is 1. The number of thioether (sulfide) groups is 1. The zero-order valence-electron chi connectivity index (χ0n) is 17.8. The van der Waals surface area contributed by atoms with E-state index in [0.717, 1.165) is 23.9 Å². The number of aliphatic hydroxyl groups excluding tert-OH is 1. The van der Waals surface area contributed by atoms with E-state index >= 15 is 0 Å². The third kappa shape index (κ3) is 6.02. The van der Waals surface area contributed by atoms with E-state index in [0.29, 0.717) is 17.7 Å². The number of hydrogen-bond donors (Lipinski definition) is 3. The molecular formula is C21H23F3N2O6S2. The van der Waals surface area contributed by atoms with Crippen LogP contribution in [0.15, 0.2) is 52.3 Å². The van der Waals surface area contributed by atoms with Crippen LogP contribution in [0.5, 0.6) is 5.75 Å². The van der Waals surface area contributed by atoms with Gasteiger partial charge >= 0.3 is 6.18 Å². The van der Waals surface area contributed by atoms with Crippen molar-refractivity contribution in [3.63, 3.8) is 0 Å². The monoisotopic (exact) mass is 520 g/mol. The van der Waals surface area contributed by atoms with Crippen molar-refractivity contribution in [3.8, 4) is 5.75 Å². The first-order valence-electron chi connectivity index (χ1n) is 10.2. The Kier molecular flexibility index (Phi) is 8.47. The first-order chi connectivity index (χ1) is 16.1. The highest BCUT2D eigenvalue weighted by molar-refractivity contribution is 7.99. The summed E-state index contributed by atoms with van der Waals surface area (Å²) in [7, 11) is -4.11. The van der Waals surface area contributed by atoms with Crippen molar-refractivity contribution in [3.05, 3.63) is 53.6 Å². The van der Waals surface area contributed by atoms with E-state index in [1.54, 1.807) is 0 Å². The molecule has 0 radical (unpaired) electrons. The molecule has 2 aromatic carbocycles. The molecule has 34 heavy (non-hydrogen) atoms. The van der Waals surface area contributed by atoms with Crippen LogP contribution in [0.25, 0.3) is 0 Å². The summed E-state index contributed by atoms with van der Waals surface area (Å²) in [6, 6.07) is 8.56. The highest BCUT2D eigenvalue weighted by atomic mass is 32.2. The normalized spacial score (nSPS) is 15.8. The van der Waals surface area contributed by atoms with E-state index in [9.17, 15) is 26.4 Å². The number of amides is 1. The lowest BCUT2D eigenvalue weighted by Crippen LogP contribution is -2.42. The molecule has 2 aromatic rings. The van der Waals surface area contributed by atoms with Crippen molar-refractivity contribution in [2.75, 3.05) is 25.4 Å². The summed E-state index contributed by atoms with van der Waals surface area (Å²) in [5, 5.41) is 18.2. The molecule has 0 bridgehead atoms. The van der Waals surface area contributed by atoms with E-state index < -0.39 is 33.8 Å². The van der Waals surface area contributed by atoms with E-state index in [2.05, 4.69) is 0 Å². The molecule has 1 fully saturated rings. The lowest BCUT2D eigenvalue weighted by molar-refractivity contribution is -0.137. The summed E-state index contributed by atoms with van der Waals surface area (Å²) >= 11 is 1.08. The van der Waals surface area contributed by atoms with Gasteiger partial charge in [0.2, 0.25) is 10.0 Å². The van der Waals surface area contributed by atoms with Crippen LogP contribution in [0, 0.1) is 0 Å². The minimum Gasteiger partial charge on any atom is -0.490 e. The molecule has 1 saturated heterocycles. The number of halogens is 3. The first kappa shape index (κ1) is 26.3. The molecular weight excluding hydrogens is 497 g/mol. The first-order valence-corrected chi connectivity index (χ1v) is 12.7. The molecule has 3 N–H and O–H groups in total. The highest BCUT2D eigenvalue weighted by Crippen LogP contribution is 2.33. The van der Waals surface area contributed by atoms with Crippen LogP contribution >= 0.6 is 11.8 Å². The largest absolute Gasteiger partial charge is 0.490 e. The van der Waals surface area contributed by atoms with Crippen LogP contribution in [0.2, 0.25) is 0 Å². The number of carbonyl (C=O) groups is 1. The summed E-state index contributed by atoms with van der Waals surface area (Å²) in [6.45, 7) is -0.0437. The molecule has 0 atom stereocenters. The Hall–Kier alpha value is -2.32. The molecule has 3 rings (SSSR count). The highest BCUT2D eigenvalue weighted by Gasteiger charge is 2.34. The number of benzene rings is 2. The van der Waals surface area contributed by atoms with Crippen LogP contribution in [0.3, 0.4) is 0 Å². The second kappa shape index (κ2) is 11.0. The summed E-state index contributed by atoms with van der Waals surface area (Å²) in [6.07, 6.45) is -4.26. The van der Waals surface area contributed by atoms with E-state index in [1.807, 2.05) is 0 Å². The number of nitrogens with one attached hydrogen (secondary N) is 1. The van der Waals surface area contributed by atoms with Gasteiger partial charge in [0.15, 0.2) is 0 Å². The Labute approximate surface area is 198 Å². The number of hydrogen-bond acceptors (Lipinski definition) is 7. The van der Waals surface area contributed by atoms with Gasteiger partial charge in [0.25, 0.3) is 5.91 Å². The zero-order valence-corrected chi connectivity index (χ0v) is 19.4. The van der Waals surface area contributed by atoms with Crippen molar-refractivity contribution in [1.82, 2.24) is 9.79 Å². The number of sulfonamides is 1. The third-order valence-electron chi connectivity index (χ3n) is 5.17. The molecule has 1 heterocycles. The van der Waals surface area contributed by atoms with Gasteiger partial charge in [-0.05, 0) is 49.2 Å². The molecule has 0 aliphatic carbocycles. The topological polar surface area (TPSA) is 116 Å². The number of carbonyl (C=O) groups excluding carboxylic acids is 1. The Morgan fingerprint density at radius 2 is 1.79 bits per heavy atom. The summed E-state index contributed by atoms with van der Waals surface area (Å²) in [5.41, 5.74) is 0.468. The number of ether oxygens (including phenoxy) is 1. The van der Waals surface area contributed by atoms with Gasteiger partial charge < -0.3 is 9.84 Å². The van der Waals surface area contributed by atoms with Crippen molar-refractivity contribution in [2.24, 2.45) is 0 Å². The fourth-order valence-electron chi connectivity index (χ4n) is 3.53. The summed E-state index contributed by atoms with van der Waals surface area (Å²) in [4.78, 5) is 12.3. The van der Waals surface area contributed by atoms with Crippen molar-refractivity contribution in [2.45, 2.75) is 34.9 Å². The Bertz CT molecular complexity index is 1100. The average Bonchev–Trinajstić information content (AvgIpc) is 2.82. The van der Waals surface area contributed by atoms with Crippen molar-refractivity contribution < 1.29 is 41.4 Å². The predicted molar refractivity (Wildman–Crippen MR) is 117 cm³/mol. The molecule has 0 unspecified atom stereocenters. The smallest absolute Gasteiger partial charge is 0.416 e. The molecule has 1 aliphatic heterocycles. The van der Waals surface area contributed by atoms with Gasteiger partial charge in [-0.2, -0.15) is 17.5 Å². The fraction of sp³-hybridized carbons (Fsp3) is 0.381. The predicted octanol–water partition coefficient (Wildman–Crippen LogP) is 3.14. The van der Waals surface area contributed by atoms with E-state index in [4.69, 9.17) is 15.1 Å². The van der Waals surface area contributed by atoms with E-state index in [-0.39, 0.29) is 41.7 Å². The van der Waals surface area contributed by atoms with Crippen LogP contribution in [-0.2, 0) is 16.2 Å². The lowest BCUT2D eigenvalue weighted by atomic mass is 10.1. The van der Waals surface area contributed by atoms with Crippen LogP contribution in [-0.4, -0.2) is 60.5 Å². The number of aliphatic hydroxyl groups is 1. The summed E-state index contributed by atoms with van der Waals surface area (Å²) < 4.78 is 71.7. The molecule has 0 spiro atoms. The standard InChI is InChI=1S/C21H23F3N2O6S2/c22-21(23,24)14-4-6-15(7-5-14)32-16-8-10-26(11-9-16)34(30,31)18-3-1-2-17(33-13-12-27)19(18)20(28)25-29/h1-7,16,27,29H,8-13H2,(H,25,28). The fourth-order valence-corrected chi connectivity index (χ4v) is 6.10. The van der Waals surface area contributed by atoms with Crippen molar-refractivity contribution in [1.29, 1.82) is 0 Å². The molecule has 186 valence electrons. The maximum atomic E-state index is 13.3. The van der Waals surface area contributed by atoms with Gasteiger partial charge in [0.1, 0.15) is 11.9 Å². The maximum Gasteiger partial charge on any atom is 0.416 e. The van der Waals surface area contributed by atoms with Gasteiger partial charge in [-0.25, -0.2) is 13.9 Å². The number of hydroxylamine groups is 1. The second-order valence-electron chi connectivity index (χ2n) is 7.39. The number of alkyl halides is 3. The van der Waals surface area contributed by atoms with Crippen LogP contribution < -0.4 is 10.2 Å². The average molecular weight is 521 g/mol. The summed E-state index contributed by atoms with van der Waals surface area (Å²) in [5.74, 6) is -0.507. The van der Waals surface area contributed by atoms with Crippen LogP contribution in [0.1, 0.15) is 28.8 Å². The minimum absolute atomic E-state index is 0.0713. The van der Waals surface area contributed by atoms with Gasteiger partial charge in [0.05, 0.1) is 22.6 Å². The van der Waals surface area contributed by atoms with Gasteiger partial charge in [-0.1, -0.05) is 6.07 Å². The number of nitrogens with zero attached hydrogens (tertiary/aromatic N) is 1. The van der Waals surface area contributed by atoms with Crippen molar-refractivity contribution >= 4 is 27.7 Å². The maximum absolute atomic E-state index is 13.3. The minimum atomic E-state index is -4.45. The van der Waals surface area contributed by atoms with Gasteiger partial charge in [0, 0.05) is 23.7 Å². The molecule has 0 aromatic heterocycles. The second-order valence-corrected chi connectivity index (χ2v) is 10.4. The quantitative estimate of drug-likeness (QED) is 0.278. The Morgan fingerprint density at radius 1 is 1.15 bits per heavy atom. The molecule has 0 saturated carbocycles. The van der Waals surface area contributed by atoms with E-state index in [1.165, 1.54) is 40.1 Å². The molecule has 8 nitrogen and oxygen atoms in total. The van der Waals surface area contributed by atoms with Gasteiger partial charge in [-0.3, -0.25) is 10.0 Å². The lowest BCUT2D eigenvalue weighted by Gasteiger charge is -2.32.